The smallest absolute Gasteiger partial charge is 0.293 e. The molecule has 6 nitrogen and oxygen atoms in total. The molecule has 0 unspecified atom stereocenters. The third kappa shape index (κ3) is 4.80. The molecule has 3 aromatic rings. The number of hydrogen-bond acceptors (Lipinski definition) is 4. The van der Waals surface area contributed by atoms with Crippen molar-refractivity contribution in [3.63, 3.8) is 0 Å². The summed E-state index contributed by atoms with van der Waals surface area (Å²) < 4.78 is 1.92. The molecule has 0 spiro atoms. The highest BCUT2D eigenvalue weighted by Crippen LogP contribution is 2.34. The van der Waals surface area contributed by atoms with E-state index in [1.54, 1.807) is 6.08 Å². The van der Waals surface area contributed by atoms with Crippen molar-refractivity contribution < 1.29 is 14.4 Å². The van der Waals surface area contributed by atoms with Crippen LogP contribution in [0.4, 0.5) is 4.79 Å². The van der Waals surface area contributed by atoms with E-state index < -0.39 is 0 Å². The number of fused-ring (bicyclic) bond motifs is 1. The van der Waals surface area contributed by atoms with E-state index >= 15 is 0 Å². The number of carbonyl (C=O) groups is 3. The fraction of sp³-hybridized carbons (Fsp3) is 0.296. The lowest BCUT2D eigenvalue weighted by Gasteiger charge is -2.12. The topological polar surface area (TPSA) is 71.4 Å². The summed E-state index contributed by atoms with van der Waals surface area (Å²) >= 11 is 0.975. The van der Waals surface area contributed by atoms with Crippen LogP contribution in [-0.2, 0) is 22.6 Å². The highest BCUT2D eigenvalue weighted by Gasteiger charge is 2.34. The van der Waals surface area contributed by atoms with E-state index in [4.69, 9.17) is 0 Å². The van der Waals surface area contributed by atoms with E-state index in [1.807, 2.05) is 65.4 Å². The van der Waals surface area contributed by atoms with Crippen LogP contribution >= 0.6 is 11.8 Å². The number of nitrogens with zero attached hydrogens (tertiary/aromatic N) is 2. The number of benzene rings is 2. The number of para-hydroxylation sites is 1. The molecular weight excluding hydrogens is 446 g/mol. The highest BCUT2D eigenvalue weighted by molar-refractivity contribution is 8.18. The van der Waals surface area contributed by atoms with Gasteiger partial charge in [-0.2, -0.15) is 0 Å². The van der Waals surface area contributed by atoms with Crippen LogP contribution in [0.2, 0.25) is 0 Å². The van der Waals surface area contributed by atoms with Gasteiger partial charge in [-0.05, 0) is 48.7 Å². The minimum atomic E-state index is -0.262. The van der Waals surface area contributed by atoms with Gasteiger partial charge in [-0.25, -0.2) is 0 Å². The van der Waals surface area contributed by atoms with E-state index in [2.05, 4.69) is 5.32 Å². The largest absolute Gasteiger partial charge is 0.352 e. The molecule has 2 fully saturated rings. The minimum absolute atomic E-state index is 0.000406. The van der Waals surface area contributed by atoms with Crippen LogP contribution in [0.1, 0.15) is 36.8 Å². The Morgan fingerprint density at radius 3 is 2.56 bits per heavy atom. The van der Waals surface area contributed by atoms with Gasteiger partial charge in [0.25, 0.3) is 11.1 Å². The summed E-state index contributed by atoms with van der Waals surface area (Å²) in [4.78, 5) is 39.9. The van der Waals surface area contributed by atoms with Gasteiger partial charge in [-0.1, -0.05) is 61.4 Å². The maximum Gasteiger partial charge on any atom is 0.293 e. The van der Waals surface area contributed by atoms with Crippen LogP contribution in [0.25, 0.3) is 17.0 Å². The van der Waals surface area contributed by atoms with Crippen molar-refractivity contribution in [1.29, 1.82) is 0 Å². The van der Waals surface area contributed by atoms with Gasteiger partial charge in [0.15, 0.2) is 0 Å². The molecule has 2 aromatic carbocycles. The van der Waals surface area contributed by atoms with Gasteiger partial charge >= 0.3 is 0 Å². The van der Waals surface area contributed by atoms with E-state index in [9.17, 15) is 14.4 Å². The summed E-state index contributed by atoms with van der Waals surface area (Å²) in [5.41, 5.74) is 2.85. The summed E-state index contributed by atoms with van der Waals surface area (Å²) in [6.07, 6.45) is 8.73. The third-order valence-electron chi connectivity index (χ3n) is 6.48. The van der Waals surface area contributed by atoms with Gasteiger partial charge in [0.05, 0.1) is 4.91 Å². The molecule has 2 aliphatic rings. The molecule has 0 bridgehead atoms. The summed E-state index contributed by atoms with van der Waals surface area (Å²) in [5.74, 6) is -0.262. The molecule has 3 amide bonds. The second kappa shape index (κ2) is 9.89. The van der Waals surface area contributed by atoms with Crippen molar-refractivity contribution in [2.45, 2.75) is 44.7 Å². The average molecular weight is 474 g/mol. The van der Waals surface area contributed by atoms with Crippen molar-refractivity contribution in [2.24, 2.45) is 0 Å². The quantitative estimate of drug-likeness (QED) is 0.492. The summed E-state index contributed by atoms with van der Waals surface area (Å²) in [6.45, 7) is 0.582. The molecule has 1 aliphatic heterocycles. The zero-order valence-electron chi connectivity index (χ0n) is 18.9. The van der Waals surface area contributed by atoms with Crippen LogP contribution in [0.5, 0.6) is 0 Å². The van der Waals surface area contributed by atoms with Crippen LogP contribution in [0, 0.1) is 0 Å². The fourth-order valence-electron chi connectivity index (χ4n) is 4.74. The molecule has 1 N–H and O–H groups in total. The number of carbonyl (C=O) groups excluding carboxylic acids is 3. The van der Waals surface area contributed by atoms with Crippen LogP contribution in [0.3, 0.4) is 0 Å². The molecule has 34 heavy (non-hydrogen) atoms. The lowest BCUT2D eigenvalue weighted by Crippen LogP contribution is -2.35. The van der Waals surface area contributed by atoms with Gasteiger partial charge in [-0.3, -0.25) is 19.3 Å². The Balaban J connectivity index is 1.34. The Morgan fingerprint density at radius 1 is 1.03 bits per heavy atom. The van der Waals surface area contributed by atoms with E-state index in [1.165, 1.54) is 17.7 Å². The number of amides is 3. The first-order valence-electron chi connectivity index (χ1n) is 11.7. The normalized spacial score (nSPS) is 17.9. The maximum absolute atomic E-state index is 13.0. The minimum Gasteiger partial charge on any atom is -0.352 e. The predicted octanol–water partition coefficient (Wildman–Crippen LogP) is 4.98. The molecule has 0 radical (unpaired) electrons. The Morgan fingerprint density at radius 2 is 1.76 bits per heavy atom. The first kappa shape index (κ1) is 22.5. The number of rotatable bonds is 7. The Labute approximate surface area is 203 Å². The zero-order chi connectivity index (χ0) is 23.5. The second-order valence-electron chi connectivity index (χ2n) is 8.85. The van der Waals surface area contributed by atoms with Gasteiger partial charge in [-0.15, -0.1) is 0 Å². The van der Waals surface area contributed by atoms with Gasteiger partial charge in [0.1, 0.15) is 6.54 Å². The van der Waals surface area contributed by atoms with E-state index in [0.29, 0.717) is 17.9 Å². The molecule has 7 heteroatoms. The molecule has 0 atom stereocenters. The number of aromatic nitrogens is 1. The Bertz CT molecular complexity index is 1260. The lowest BCUT2D eigenvalue weighted by atomic mass is 10.1. The van der Waals surface area contributed by atoms with Crippen molar-refractivity contribution in [1.82, 2.24) is 14.8 Å². The molecule has 1 saturated heterocycles. The van der Waals surface area contributed by atoms with E-state index in [0.717, 1.165) is 46.6 Å². The third-order valence-corrected chi connectivity index (χ3v) is 7.39. The first-order chi connectivity index (χ1) is 16.6. The molecule has 1 aromatic heterocycles. The Hall–Kier alpha value is -3.32. The number of thioether (sulfide) groups is 1. The van der Waals surface area contributed by atoms with Gasteiger partial charge < -0.3 is 9.88 Å². The van der Waals surface area contributed by atoms with Crippen molar-refractivity contribution >= 4 is 45.8 Å². The molecule has 1 saturated carbocycles. The maximum atomic E-state index is 13.0. The molecule has 5 rings (SSSR count). The van der Waals surface area contributed by atoms with Crippen molar-refractivity contribution in [3.05, 3.63) is 76.8 Å². The fourth-order valence-corrected chi connectivity index (χ4v) is 5.59. The Kier molecular flexibility index (Phi) is 6.54. The van der Waals surface area contributed by atoms with Gasteiger partial charge in [0, 0.05) is 35.2 Å². The first-order valence-corrected chi connectivity index (χ1v) is 12.6. The number of hydrogen-bond donors (Lipinski definition) is 1. The lowest BCUT2D eigenvalue weighted by molar-refractivity contribution is -0.123. The summed E-state index contributed by atoms with van der Waals surface area (Å²) in [6, 6.07) is 17.9. The van der Waals surface area contributed by atoms with Gasteiger partial charge in [0.2, 0.25) is 5.91 Å². The predicted molar refractivity (Wildman–Crippen MR) is 135 cm³/mol. The monoisotopic (exact) mass is 473 g/mol. The van der Waals surface area contributed by atoms with Crippen molar-refractivity contribution in [2.75, 3.05) is 6.54 Å². The van der Waals surface area contributed by atoms with Crippen molar-refractivity contribution in [3.8, 4) is 0 Å². The average Bonchev–Trinajstić information content (AvgIpc) is 3.54. The zero-order valence-corrected chi connectivity index (χ0v) is 19.7. The molecular formula is C27H27N3O3S. The van der Waals surface area contributed by atoms with Crippen LogP contribution < -0.4 is 5.32 Å². The second-order valence-corrected chi connectivity index (χ2v) is 9.84. The van der Waals surface area contributed by atoms with Crippen LogP contribution in [0.15, 0.2) is 65.7 Å². The summed E-state index contributed by atoms with van der Waals surface area (Å²) in [7, 11) is 0. The van der Waals surface area contributed by atoms with Crippen LogP contribution in [-0.4, -0.2) is 39.1 Å². The summed E-state index contributed by atoms with van der Waals surface area (Å²) in [5, 5.41) is 3.84. The standard InChI is InChI=1S/C27H27N3O3S/c31-25(28-21-10-4-5-11-21)18-29-17-20(22-12-6-7-13-23(22)29)16-24-26(32)30(27(33)34-24)15-14-19-8-2-1-3-9-19/h1-3,6-9,12-13,16-17,21H,4-5,10-11,14-15,18H2,(H,28,31)/b24-16-. The number of nitrogens with one attached hydrogen (secondary N) is 1. The molecule has 2 heterocycles. The highest BCUT2D eigenvalue weighted by atomic mass is 32.2. The molecule has 1 aliphatic carbocycles. The molecule has 174 valence electrons. The number of imide groups is 1. The SMILES string of the molecule is O=C(Cn1cc(/C=C2\SC(=O)N(CCc3ccccc3)C2=O)c2ccccc21)NC1CCCC1. The van der Waals surface area contributed by atoms with E-state index in [-0.39, 0.29) is 29.6 Å².